The number of ether oxygens (including phenoxy) is 1. The van der Waals surface area contributed by atoms with Gasteiger partial charge in [0.2, 0.25) is 5.13 Å². The number of aliphatic hydroxyl groups is 1. The maximum Gasteiger partial charge on any atom is 0.328 e. The molecule has 1 saturated heterocycles. The minimum absolute atomic E-state index is 0.172. The molecule has 1 fully saturated rings. The maximum atomic E-state index is 11.8. The van der Waals surface area contributed by atoms with Crippen molar-refractivity contribution in [2.45, 2.75) is 19.3 Å². The number of amides is 2. The second kappa shape index (κ2) is 4.55. The van der Waals surface area contributed by atoms with Gasteiger partial charge >= 0.3 is 6.03 Å². The Morgan fingerprint density at radius 3 is 2.82 bits per heavy atom. The Morgan fingerprint density at radius 2 is 2.29 bits per heavy atom. The minimum atomic E-state index is -0.869. The highest BCUT2D eigenvalue weighted by Gasteiger charge is 2.37. The number of likely N-dealkylation sites (N-methyl/N-ethyl adjacent to an activating group) is 1. The normalized spacial score (nSPS) is 22.4. The number of carbonyl (C=O) groups excluding carboxylic acids is 1. The van der Waals surface area contributed by atoms with Crippen LogP contribution in [-0.4, -0.2) is 53.2 Å². The summed E-state index contributed by atoms with van der Waals surface area (Å²) >= 11 is 1.24. The molecule has 0 radical (unpaired) electrons. The third-order valence-electron chi connectivity index (χ3n) is 2.61. The molecule has 8 heteroatoms. The second-order valence-electron chi connectivity index (χ2n) is 3.81. The van der Waals surface area contributed by atoms with Crippen LogP contribution in [0.4, 0.5) is 9.93 Å². The zero-order valence-corrected chi connectivity index (χ0v) is 10.6. The molecule has 2 atom stereocenters. The molecular formula is C9H14N4O3S. The van der Waals surface area contributed by atoms with E-state index in [1.165, 1.54) is 21.1 Å². The summed E-state index contributed by atoms with van der Waals surface area (Å²) in [4.78, 5) is 14.4. The number of aliphatic hydroxyl groups excluding tert-OH is 1. The van der Waals surface area contributed by atoms with E-state index in [4.69, 9.17) is 4.74 Å². The van der Waals surface area contributed by atoms with Crippen molar-refractivity contribution in [2.24, 2.45) is 0 Å². The molecule has 1 aromatic heterocycles. The average Bonchev–Trinajstić information content (AvgIpc) is 2.85. The van der Waals surface area contributed by atoms with E-state index in [1.54, 1.807) is 14.2 Å². The van der Waals surface area contributed by atoms with Crippen molar-refractivity contribution in [3.05, 3.63) is 5.01 Å². The van der Waals surface area contributed by atoms with Gasteiger partial charge in [-0.3, -0.25) is 0 Å². The van der Waals surface area contributed by atoms with E-state index in [1.807, 2.05) is 6.92 Å². The molecule has 2 unspecified atom stereocenters. The highest BCUT2D eigenvalue weighted by molar-refractivity contribution is 7.15. The third kappa shape index (κ3) is 2.11. The fourth-order valence-corrected chi connectivity index (χ4v) is 2.42. The van der Waals surface area contributed by atoms with Gasteiger partial charge in [0.05, 0.1) is 6.54 Å². The molecule has 0 bridgehead atoms. The van der Waals surface area contributed by atoms with Gasteiger partial charge in [-0.25, -0.2) is 9.69 Å². The van der Waals surface area contributed by atoms with Crippen molar-refractivity contribution in [3.8, 4) is 0 Å². The molecule has 1 aromatic rings. The first-order valence-corrected chi connectivity index (χ1v) is 5.94. The highest BCUT2D eigenvalue weighted by Crippen LogP contribution is 2.29. The molecule has 1 N–H and O–H groups in total. The Bertz CT molecular complexity index is 424. The van der Waals surface area contributed by atoms with Crippen LogP contribution in [0.1, 0.15) is 18.0 Å². The lowest BCUT2D eigenvalue weighted by atomic mass is 10.4. The van der Waals surface area contributed by atoms with E-state index in [9.17, 15) is 9.90 Å². The van der Waals surface area contributed by atoms with Crippen LogP contribution >= 0.6 is 11.3 Å². The molecule has 0 aromatic carbocycles. The number of nitrogens with zero attached hydrogens (tertiary/aromatic N) is 4. The molecule has 2 rings (SSSR count). The van der Waals surface area contributed by atoms with Gasteiger partial charge in [-0.2, -0.15) is 0 Å². The summed E-state index contributed by atoms with van der Waals surface area (Å²) in [6, 6.07) is -0.273. The Hall–Kier alpha value is -1.25. The van der Waals surface area contributed by atoms with Gasteiger partial charge in [0, 0.05) is 14.2 Å². The molecule has 1 aliphatic rings. The van der Waals surface area contributed by atoms with Crippen LogP contribution in [0.5, 0.6) is 0 Å². The number of hydrogen-bond acceptors (Lipinski definition) is 6. The van der Waals surface area contributed by atoms with E-state index in [-0.39, 0.29) is 18.7 Å². The molecular weight excluding hydrogens is 244 g/mol. The molecule has 1 aliphatic heterocycles. The number of anilines is 1. The number of methoxy groups -OCH3 is 1. The van der Waals surface area contributed by atoms with Gasteiger partial charge in [0.1, 0.15) is 11.1 Å². The van der Waals surface area contributed by atoms with Crippen molar-refractivity contribution in [2.75, 3.05) is 25.6 Å². The summed E-state index contributed by atoms with van der Waals surface area (Å²) in [5.74, 6) is 0. The van der Waals surface area contributed by atoms with E-state index in [2.05, 4.69) is 10.2 Å². The quantitative estimate of drug-likeness (QED) is 0.851. The Labute approximate surface area is 103 Å². The van der Waals surface area contributed by atoms with Crippen LogP contribution in [0.15, 0.2) is 0 Å². The van der Waals surface area contributed by atoms with E-state index < -0.39 is 6.23 Å². The zero-order valence-electron chi connectivity index (χ0n) is 9.82. The molecule has 2 heterocycles. The Balaban J connectivity index is 2.23. The monoisotopic (exact) mass is 258 g/mol. The lowest BCUT2D eigenvalue weighted by Gasteiger charge is -2.14. The summed E-state index contributed by atoms with van der Waals surface area (Å²) in [5, 5.41) is 18.7. The second-order valence-corrected chi connectivity index (χ2v) is 4.80. The topological polar surface area (TPSA) is 78.8 Å². The first-order chi connectivity index (χ1) is 8.04. The van der Waals surface area contributed by atoms with Crippen LogP contribution in [0, 0.1) is 0 Å². The number of β-amino-alcohol motifs (C(OH)–C–C–N with tert-alkyl or cyclic N) is 1. The number of hydrogen-bond donors (Lipinski definition) is 1. The van der Waals surface area contributed by atoms with Crippen LogP contribution < -0.4 is 4.90 Å². The summed E-state index contributed by atoms with van der Waals surface area (Å²) in [7, 11) is 3.21. The summed E-state index contributed by atoms with van der Waals surface area (Å²) < 4.78 is 5.12. The molecule has 94 valence electrons. The molecule has 17 heavy (non-hydrogen) atoms. The smallest absolute Gasteiger partial charge is 0.328 e. The predicted octanol–water partition coefficient (Wildman–Crippen LogP) is 0.436. The lowest BCUT2D eigenvalue weighted by Crippen LogP contribution is -2.34. The van der Waals surface area contributed by atoms with Gasteiger partial charge < -0.3 is 14.7 Å². The standard InChI is InChI=1S/C9H14N4O3S/c1-5(16-3)7-10-11-8(17-7)13-6(14)4-12(2)9(13)15/h5-6,14H,4H2,1-3H3. The number of carbonyl (C=O) groups is 1. The first-order valence-electron chi connectivity index (χ1n) is 5.13. The highest BCUT2D eigenvalue weighted by atomic mass is 32.1. The van der Waals surface area contributed by atoms with Gasteiger partial charge in [-0.05, 0) is 6.92 Å². The average molecular weight is 258 g/mol. The number of aromatic nitrogens is 2. The Kier molecular flexibility index (Phi) is 3.27. The molecule has 0 saturated carbocycles. The molecule has 0 aliphatic carbocycles. The minimum Gasteiger partial charge on any atom is -0.374 e. The fraction of sp³-hybridized carbons (Fsp3) is 0.667. The molecule has 2 amide bonds. The van der Waals surface area contributed by atoms with Crippen molar-refractivity contribution in [3.63, 3.8) is 0 Å². The summed E-state index contributed by atoms with van der Waals surface area (Å²) in [5.41, 5.74) is 0. The lowest BCUT2D eigenvalue weighted by molar-refractivity contribution is 0.118. The summed E-state index contributed by atoms with van der Waals surface area (Å²) in [6.07, 6.45) is -1.04. The van der Waals surface area contributed by atoms with E-state index in [0.717, 1.165) is 0 Å². The van der Waals surface area contributed by atoms with E-state index >= 15 is 0 Å². The molecule has 7 nitrogen and oxygen atoms in total. The third-order valence-corrected chi connectivity index (χ3v) is 3.69. The fourth-order valence-electron chi connectivity index (χ4n) is 1.51. The van der Waals surface area contributed by atoms with Gasteiger partial charge in [0.25, 0.3) is 0 Å². The molecule has 0 spiro atoms. The van der Waals surface area contributed by atoms with Crippen molar-refractivity contribution in [1.29, 1.82) is 0 Å². The van der Waals surface area contributed by atoms with Gasteiger partial charge in [0.15, 0.2) is 6.23 Å². The SMILES string of the molecule is COC(C)c1nnc(N2C(=O)N(C)CC2O)s1. The predicted molar refractivity (Wildman–Crippen MR) is 61.8 cm³/mol. The van der Waals surface area contributed by atoms with Crippen LogP contribution in [0.2, 0.25) is 0 Å². The largest absolute Gasteiger partial charge is 0.374 e. The first kappa shape index (κ1) is 12.2. The van der Waals surface area contributed by atoms with Crippen LogP contribution in [0.3, 0.4) is 0 Å². The van der Waals surface area contributed by atoms with E-state index in [0.29, 0.717) is 10.1 Å². The van der Waals surface area contributed by atoms with Crippen molar-refractivity contribution < 1.29 is 14.6 Å². The van der Waals surface area contributed by atoms with Crippen molar-refractivity contribution >= 4 is 22.5 Å². The zero-order chi connectivity index (χ0) is 12.6. The van der Waals surface area contributed by atoms with Gasteiger partial charge in [-0.15, -0.1) is 10.2 Å². The number of urea groups is 1. The number of rotatable bonds is 3. The maximum absolute atomic E-state index is 11.8. The van der Waals surface area contributed by atoms with Crippen LogP contribution in [-0.2, 0) is 4.74 Å². The van der Waals surface area contributed by atoms with Gasteiger partial charge in [-0.1, -0.05) is 11.3 Å². The Morgan fingerprint density at radius 1 is 1.59 bits per heavy atom. The van der Waals surface area contributed by atoms with Crippen molar-refractivity contribution in [1.82, 2.24) is 15.1 Å². The summed E-state index contributed by atoms with van der Waals surface area (Å²) in [6.45, 7) is 2.12. The van der Waals surface area contributed by atoms with Crippen LogP contribution in [0.25, 0.3) is 0 Å².